The lowest BCUT2D eigenvalue weighted by Crippen LogP contribution is -2.30. The summed E-state index contributed by atoms with van der Waals surface area (Å²) in [5, 5.41) is 2.51. The number of ether oxygens (including phenoxy) is 3. The van der Waals surface area contributed by atoms with Gasteiger partial charge in [0, 0.05) is 31.4 Å². The van der Waals surface area contributed by atoms with Gasteiger partial charge in [-0.1, -0.05) is 0 Å². The minimum absolute atomic E-state index is 0.0141. The van der Waals surface area contributed by atoms with Crippen LogP contribution in [0.4, 0.5) is 10.5 Å². The molecule has 11 heteroatoms. The second kappa shape index (κ2) is 9.90. The molecule has 1 aromatic heterocycles. The molecule has 174 valence electrons. The summed E-state index contributed by atoms with van der Waals surface area (Å²) in [5.41, 5.74) is 1.29. The van der Waals surface area contributed by atoms with Gasteiger partial charge in [-0.2, -0.15) is 0 Å². The first-order chi connectivity index (χ1) is 15.7. The van der Waals surface area contributed by atoms with Crippen molar-refractivity contribution in [2.45, 2.75) is 6.54 Å². The smallest absolute Gasteiger partial charge is 0.373 e. The number of carbonyl (C=O) groups excluding carboxylic acids is 4. The van der Waals surface area contributed by atoms with E-state index in [2.05, 4.69) is 14.8 Å². The molecular weight excluding hydrogens is 434 g/mol. The van der Waals surface area contributed by atoms with E-state index >= 15 is 0 Å². The molecule has 0 unspecified atom stereocenters. The summed E-state index contributed by atoms with van der Waals surface area (Å²) in [7, 11) is 6.15. The second-order valence-electron chi connectivity index (χ2n) is 7.12. The minimum atomic E-state index is -0.667. The Morgan fingerprint density at radius 2 is 1.88 bits per heavy atom. The predicted octanol–water partition coefficient (Wildman–Crippen LogP) is 1.78. The van der Waals surface area contributed by atoms with Crippen LogP contribution in [0, 0.1) is 0 Å². The van der Waals surface area contributed by atoms with Crippen molar-refractivity contribution in [1.82, 2.24) is 10.2 Å². The van der Waals surface area contributed by atoms with Crippen LogP contribution in [0.1, 0.15) is 21.9 Å². The van der Waals surface area contributed by atoms with E-state index in [0.29, 0.717) is 11.3 Å². The average molecular weight is 457 g/mol. The van der Waals surface area contributed by atoms with Gasteiger partial charge in [-0.05, 0) is 30.3 Å². The fraction of sp³-hybridized carbons (Fsp3) is 0.273. The van der Waals surface area contributed by atoms with Crippen molar-refractivity contribution in [3.05, 3.63) is 53.1 Å². The number of benzene rings is 1. The van der Waals surface area contributed by atoms with E-state index in [1.807, 2.05) is 19.0 Å². The number of imide groups is 1. The number of esters is 2. The van der Waals surface area contributed by atoms with E-state index in [0.717, 1.165) is 10.6 Å². The molecule has 1 N–H and O–H groups in total. The maximum Gasteiger partial charge on any atom is 0.373 e. The average Bonchev–Trinajstić information content (AvgIpc) is 3.37. The molecule has 0 saturated carbocycles. The SMILES string of the molecule is COC(=O)COc1cc(N(C)C)ccc1C=C1NC(=O)N(Cc2ccc(C(=O)OC)o2)C1=O. The monoisotopic (exact) mass is 457 g/mol. The molecule has 11 nitrogen and oxygen atoms in total. The Morgan fingerprint density at radius 3 is 2.55 bits per heavy atom. The van der Waals surface area contributed by atoms with E-state index in [1.54, 1.807) is 18.2 Å². The summed E-state index contributed by atoms with van der Waals surface area (Å²) in [5.74, 6) is -1.30. The van der Waals surface area contributed by atoms with Gasteiger partial charge in [-0.25, -0.2) is 14.4 Å². The number of rotatable bonds is 8. The van der Waals surface area contributed by atoms with Crippen LogP contribution in [0.2, 0.25) is 0 Å². The second-order valence-corrected chi connectivity index (χ2v) is 7.12. The van der Waals surface area contributed by atoms with Crippen LogP contribution in [-0.4, -0.2) is 63.7 Å². The fourth-order valence-corrected chi connectivity index (χ4v) is 2.94. The summed E-state index contributed by atoms with van der Waals surface area (Å²) in [6, 6.07) is 7.43. The highest BCUT2D eigenvalue weighted by Gasteiger charge is 2.34. The lowest BCUT2D eigenvalue weighted by molar-refractivity contribution is -0.142. The molecule has 1 saturated heterocycles. The van der Waals surface area contributed by atoms with Crippen molar-refractivity contribution in [2.24, 2.45) is 0 Å². The number of urea groups is 1. The zero-order valence-corrected chi connectivity index (χ0v) is 18.5. The van der Waals surface area contributed by atoms with Crippen LogP contribution >= 0.6 is 0 Å². The first-order valence-electron chi connectivity index (χ1n) is 9.76. The van der Waals surface area contributed by atoms with Gasteiger partial charge in [-0.15, -0.1) is 0 Å². The van der Waals surface area contributed by atoms with Crippen molar-refractivity contribution < 1.29 is 37.8 Å². The van der Waals surface area contributed by atoms with E-state index in [4.69, 9.17) is 9.15 Å². The van der Waals surface area contributed by atoms with Crippen molar-refractivity contribution >= 4 is 35.6 Å². The minimum Gasteiger partial charge on any atom is -0.481 e. The third-order valence-corrected chi connectivity index (χ3v) is 4.71. The molecule has 3 rings (SSSR count). The van der Waals surface area contributed by atoms with Gasteiger partial charge in [0.1, 0.15) is 17.2 Å². The van der Waals surface area contributed by atoms with E-state index in [-0.39, 0.29) is 30.4 Å². The van der Waals surface area contributed by atoms with Gasteiger partial charge in [0.05, 0.1) is 20.8 Å². The van der Waals surface area contributed by atoms with Gasteiger partial charge in [-0.3, -0.25) is 9.69 Å². The summed E-state index contributed by atoms with van der Waals surface area (Å²) in [4.78, 5) is 51.1. The number of hydrogen-bond donors (Lipinski definition) is 1. The van der Waals surface area contributed by atoms with Crippen LogP contribution in [0.25, 0.3) is 6.08 Å². The van der Waals surface area contributed by atoms with Crippen molar-refractivity contribution in [2.75, 3.05) is 39.8 Å². The van der Waals surface area contributed by atoms with Crippen molar-refractivity contribution in [3.63, 3.8) is 0 Å². The zero-order valence-electron chi connectivity index (χ0n) is 18.5. The van der Waals surface area contributed by atoms with Gasteiger partial charge in [0.2, 0.25) is 5.76 Å². The lowest BCUT2D eigenvalue weighted by Gasteiger charge is -2.16. The standard InChI is InChI=1S/C22H23N3O8/c1-24(2)14-6-5-13(18(10-14)32-12-19(26)30-3)9-16-20(27)25(22(29)23-16)11-15-7-8-17(33-15)21(28)31-4/h5-10H,11-12H2,1-4H3,(H,23,29). The zero-order chi connectivity index (χ0) is 24.1. The van der Waals surface area contributed by atoms with Gasteiger partial charge < -0.3 is 28.8 Å². The molecule has 2 aromatic rings. The highest BCUT2D eigenvalue weighted by Crippen LogP contribution is 2.28. The van der Waals surface area contributed by atoms with Crippen LogP contribution in [-0.2, 0) is 25.6 Å². The number of anilines is 1. The maximum absolute atomic E-state index is 12.8. The first kappa shape index (κ1) is 23.4. The molecule has 0 spiro atoms. The first-order valence-corrected chi connectivity index (χ1v) is 9.76. The molecule has 2 heterocycles. The predicted molar refractivity (Wildman–Crippen MR) is 115 cm³/mol. The molecule has 33 heavy (non-hydrogen) atoms. The number of amides is 3. The molecular formula is C22H23N3O8. The number of furan rings is 1. The Bertz CT molecular complexity index is 1120. The van der Waals surface area contributed by atoms with Crippen LogP contribution in [0.3, 0.4) is 0 Å². The van der Waals surface area contributed by atoms with Crippen LogP contribution < -0.4 is 15.0 Å². The molecule has 0 aliphatic carbocycles. The van der Waals surface area contributed by atoms with E-state index < -0.39 is 23.9 Å². The third-order valence-electron chi connectivity index (χ3n) is 4.71. The third kappa shape index (κ3) is 5.32. The van der Waals surface area contributed by atoms with Gasteiger partial charge in [0.15, 0.2) is 6.61 Å². The summed E-state index contributed by atoms with van der Waals surface area (Å²) in [6.07, 6.45) is 1.45. The molecule has 1 aliphatic rings. The number of methoxy groups -OCH3 is 2. The number of hydrogen-bond acceptors (Lipinski definition) is 9. The number of nitrogens with zero attached hydrogens (tertiary/aromatic N) is 2. The molecule has 0 bridgehead atoms. The van der Waals surface area contributed by atoms with Gasteiger partial charge in [0.25, 0.3) is 5.91 Å². The van der Waals surface area contributed by atoms with Crippen molar-refractivity contribution in [3.8, 4) is 5.75 Å². The summed E-state index contributed by atoms with van der Waals surface area (Å²) < 4.78 is 20.1. The highest BCUT2D eigenvalue weighted by atomic mass is 16.6. The Kier molecular flexibility index (Phi) is 7.01. The maximum atomic E-state index is 12.8. The molecule has 1 fully saturated rings. The Hall–Kier alpha value is -4.28. The Morgan fingerprint density at radius 1 is 1.12 bits per heavy atom. The molecule has 0 atom stereocenters. The van der Waals surface area contributed by atoms with Gasteiger partial charge >= 0.3 is 18.0 Å². The van der Waals surface area contributed by atoms with Crippen molar-refractivity contribution in [1.29, 1.82) is 0 Å². The summed E-state index contributed by atoms with van der Waals surface area (Å²) >= 11 is 0. The normalized spacial score (nSPS) is 14.3. The Labute approximate surface area is 189 Å². The molecule has 3 amide bonds. The number of nitrogens with one attached hydrogen (secondary N) is 1. The quantitative estimate of drug-likeness (QED) is 0.358. The highest BCUT2D eigenvalue weighted by molar-refractivity contribution is 6.14. The molecule has 1 aliphatic heterocycles. The van der Waals surface area contributed by atoms with E-state index in [9.17, 15) is 19.2 Å². The number of carbonyl (C=O) groups is 4. The largest absolute Gasteiger partial charge is 0.481 e. The Balaban J connectivity index is 1.83. The molecule has 1 aromatic carbocycles. The van der Waals surface area contributed by atoms with Crippen LogP contribution in [0.15, 0.2) is 40.4 Å². The lowest BCUT2D eigenvalue weighted by atomic mass is 10.1. The molecule has 0 radical (unpaired) electrons. The van der Waals surface area contributed by atoms with E-state index in [1.165, 1.54) is 32.4 Å². The topological polar surface area (TPSA) is 128 Å². The van der Waals surface area contributed by atoms with Crippen LogP contribution in [0.5, 0.6) is 5.75 Å². The summed E-state index contributed by atoms with van der Waals surface area (Å²) in [6.45, 7) is -0.499. The fourth-order valence-electron chi connectivity index (χ4n) is 2.94.